The lowest BCUT2D eigenvalue weighted by Gasteiger charge is -1.94. The van der Waals surface area contributed by atoms with Crippen LogP contribution in [0.5, 0.6) is 0 Å². The Hall–Kier alpha value is 0.200. The SMILES string of the molecule is CC=CSS(=O)[O-]. The van der Waals surface area contributed by atoms with Gasteiger partial charge in [-0.25, -0.2) is 0 Å². The lowest BCUT2D eigenvalue weighted by atomic mass is 10.8. The van der Waals surface area contributed by atoms with Crippen molar-refractivity contribution < 1.29 is 8.76 Å². The lowest BCUT2D eigenvalue weighted by molar-refractivity contribution is 0.553. The van der Waals surface area contributed by atoms with Gasteiger partial charge in [-0.3, -0.25) is 4.21 Å². The Morgan fingerprint density at radius 2 is 2.43 bits per heavy atom. The van der Waals surface area contributed by atoms with Crippen molar-refractivity contribution in [2.45, 2.75) is 6.92 Å². The van der Waals surface area contributed by atoms with Crippen molar-refractivity contribution in [2.24, 2.45) is 0 Å². The minimum Gasteiger partial charge on any atom is -0.763 e. The second-order valence-corrected chi connectivity index (χ2v) is 3.04. The van der Waals surface area contributed by atoms with Crippen molar-refractivity contribution in [1.29, 1.82) is 0 Å². The molecular weight excluding hydrogens is 132 g/mol. The Kier molecular flexibility index (Phi) is 4.49. The zero-order valence-electron chi connectivity index (χ0n) is 3.79. The van der Waals surface area contributed by atoms with E-state index in [0.717, 1.165) is 10.8 Å². The maximum atomic E-state index is 9.67. The zero-order chi connectivity index (χ0) is 5.70. The van der Waals surface area contributed by atoms with E-state index >= 15 is 0 Å². The molecule has 0 saturated heterocycles. The molecule has 0 heterocycles. The molecule has 0 fully saturated rings. The van der Waals surface area contributed by atoms with E-state index in [9.17, 15) is 8.76 Å². The highest BCUT2D eigenvalue weighted by atomic mass is 33.1. The van der Waals surface area contributed by atoms with Crippen molar-refractivity contribution in [2.75, 3.05) is 0 Å². The fourth-order valence-corrected chi connectivity index (χ4v) is 0.908. The topological polar surface area (TPSA) is 40.1 Å². The summed E-state index contributed by atoms with van der Waals surface area (Å²) in [7, 11) is -1.22. The second kappa shape index (κ2) is 4.36. The summed E-state index contributed by atoms with van der Waals surface area (Å²) in [5.41, 5.74) is 0. The molecule has 42 valence electrons. The van der Waals surface area contributed by atoms with Crippen molar-refractivity contribution in [3.05, 3.63) is 11.5 Å². The van der Waals surface area contributed by atoms with E-state index in [-0.39, 0.29) is 0 Å². The molecule has 0 amide bonds. The largest absolute Gasteiger partial charge is 0.763 e. The molecule has 1 atom stereocenters. The molecule has 0 aliphatic rings. The second-order valence-electron chi connectivity index (χ2n) is 0.770. The molecular formula is C3H5O2S2-. The minimum atomic E-state index is -1.99. The average molecular weight is 137 g/mol. The van der Waals surface area contributed by atoms with Crippen LogP contribution in [-0.4, -0.2) is 8.76 Å². The summed E-state index contributed by atoms with van der Waals surface area (Å²) in [5.74, 6) is 0. The van der Waals surface area contributed by atoms with E-state index in [2.05, 4.69) is 0 Å². The van der Waals surface area contributed by atoms with Gasteiger partial charge in [0.2, 0.25) is 0 Å². The lowest BCUT2D eigenvalue weighted by Crippen LogP contribution is -1.70. The maximum absolute atomic E-state index is 9.67. The third-order valence-corrected chi connectivity index (χ3v) is 1.62. The van der Waals surface area contributed by atoms with Crippen molar-refractivity contribution in [3.8, 4) is 0 Å². The van der Waals surface area contributed by atoms with Gasteiger partial charge in [0.1, 0.15) is 0 Å². The zero-order valence-corrected chi connectivity index (χ0v) is 5.42. The van der Waals surface area contributed by atoms with E-state index in [4.69, 9.17) is 0 Å². The third kappa shape index (κ3) is 6.20. The van der Waals surface area contributed by atoms with Crippen LogP contribution in [0.15, 0.2) is 11.5 Å². The first-order valence-corrected chi connectivity index (χ1v) is 4.12. The van der Waals surface area contributed by atoms with Crippen LogP contribution in [0.3, 0.4) is 0 Å². The van der Waals surface area contributed by atoms with Gasteiger partial charge in [0.05, 0.1) is 0 Å². The number of hydrogen-bond donors (Lipinski definition) is 0. The van der Waals surface area contributed by atoms with E-state index < -0.39 is 10.1 Å². The predicted molar refractivity (Wildman–Crippen MR) is 31.3 cm³/mol. The standard InChI is InChI=1S/C3H6O2S2/c1-2-3-6-7(4)5/h2-3H,1H3,(H,4,5)/p-1. The van der Waals surface area contributed by atoms with Crippen LogP contribution in [-0.2, 0) is 10.1 Å². The van der Waals surface area contributed by atoms with Gasteiger partial charge in [0, 0.05) is 10.1 Å². The van der Waals surface area contributed by atoms with Crippen molar-refractivity contribution >= 4 is 20.9 Å². The van der Waals surface area contributed by atoms with E-state index in [1.807, 2.05) is 0 Å². The monoisotopic (exact) mass is 137 g/mol. The highest BCUT2D eigenvalue weighted by Crippen LogP contribution is 2.03. The minimum absolute atomic E-state index is 0.767. The van der Waals surface area contributed by atoms with Crippen LogP contribution in [0.1, 0.15) is 6.92 Å². The molecule has 0 aromatic carbocycles. The molecule has 4 heteroatoms. The fraction of sp³-hybridized carbons (Fsp3) is 0.333. The number of rotatable bonds is 2. The molecule has 0 spiro atoms. The Labute approximate surface area is 48.7 Å². The molecule has 0 aliphatic carbocycles. The van der Waals surface area contributed by atoms with Gasteiger partial charge >= 0.3 is 0 Å². The normalized spacial score (nSPS) is 15.1. The summed E-state index contributed by atoms with van der Waals surface area (Å²) >= 11 is 0. The van der Waals surface area contributed by atoms with Crippen molar-refractivity contribution in [1.82, 2.24) is 0 Å². The summed E-state index contributed by atoms with van der Waals surface area (Å²) in [6, 6.07) is 0. The molecule has 0 aromatic rings. The Balaban J connectivity index is 3.14. The molecule has 0 N–H and O–H groups in total. The van der Waals surface area contributed by atoms with Crippen LogP contribution >= 0.6 is 10.8 Å². The number of allylic oxidation sites excluding steroid dienone is 1. The predicted octanol–water partition coefficient (Wildman–Crippen LogP) is 1.05. The highest BCUT2D eigenvalue weighted by molar-refractivity contribution is 8.68. The van der Waals surface area contributed by atoms with Gasteiger partial charge in [0.15, 0.2) is 0 Å². The van der Waals surface area contributed by atoms with E-state index in [0.29, 0.717) is 0 Å². The molecule has 0 bridgehead atoms. The first-order valence-electron chi connectivity index (χ1n) is 1.65. The van der Waals surface area contributed by atoms with E-state index in [1.54, 1.807) is 13.0 Å². The smallest absolute Gasteiger partial charge is 0.0112 e. The van der Waals surface area contributed by atoms with Crippen LogP contribution in [0.4, 0.5) is 0 Å². The molecule has 0 rings (SSSR count). The molecule has 2 nitrogen and oxygen atoms in total. The molecule has 0 radical (unpaired) electrons. The Morgan fingerprint density at radius 1 is 1.86 bits per heavy atom. The van der Waals surface area contributed by atoms with Gasteiger partial charge in [-0.2, -0.15) is 0 Å². The highest BCUT2D eigenvalue weighted by Gasteiger charge is 1.70. The van der Waals surface area contributed by atoms with Crippen LogP contribution in [0.25, 0.3) is 0 Å². The summed E-state index contributed by atoms with van der Waals surface area (Å²) in [4.78, 5) is 0. The van der Waals surface area contributed by atoms with Crippen LogP contribution in [0.2, 0.25) is 0 Å². The van der Waals surface area contributed by atoms with Gasteiger partial charge in [-0.1, -0.05) is 6.08 Å². The van der Waals surface area contributed by atoms with E-state index in [1.165, 1.54) is 5.41 Å². The van der Waals surface area contributed by atoms with Gasteiger partial charge in [-0.15, -0.1) is 0 Å². The summed E-state index contributed by atoms with van der Waals surface area (Å²) in [5, 5.41) is 1.50. The Morgan fingerprint density at radius 3 is 2.57 bits per heavy atom. The van der Waals surface area contributed by atoms with Crippen LogP contribution < -0.4 is 0 Å². The fourth-order valence-electron chi connectivity index (χ4n) is 0.101. The number of hydrogen-bond acceptors (Lipinski definition) is 3. The molecule has 0 aliphatic heterocycles. The quantitative estimate of drug-likeness (QED) is 0.422. The Bertz CT molecular complexity index is 88.9. The van der Waals surface area contributed by atoms with Crippen LogP contribution in [0, 0.1) is 0 Å². The molecule has 7 heavy (non-hydrogen) atoms. The molecule has 0 aromatic heterocycles. The third-order valence-electron chi connectivity index (χ3n) is 0.270. The van der Waals surface area contributed by atoms with Gasteiger partial charge in [-0.05, 0) is 23.1 Å². The van der Waals surface area contributed by atoms with Gasteiger partial charge in [0.25, 0.3) is 0 Å². The summed E-state index contributed by atoms with van der Waals surface area (Å²) in [6.07, 6.45) is 1.67. The van der Waals surface area contributed by atoms with Gasteiger partial charge < -0.3 is 4.55 Å². The first-order chi connectivity index (χ1) is 3.27. The summed E-state index contributed by atoms with van der Waals surface area (Å²) < 4.78 is 19.3. The summed E-state index contributed by atoms with van der Waals surface area (Å²) in [6.45, 7) is 1.76. The average Bonchev–Trinajstić information content (AvgIpc) is 1.61. The molecule has 1 unspecified atom stereocenters. The first kappa shape index (κ1) is 7.20. The molecule has 0 saturated carbocycles. The van der Waals surface area contributed by atoms with Crippen molar-refractivity contribution in [3.63, 3.8) is 0 Å². The maximum Gasteiger partial charge on any atom is 0.0112 e.